The second-order valence-electron chi connectivity index (χ2n) is 5.84. The van der Waals surface area contributed by atoms with Crippen molar-refractivity contribution in [3.8, 4) is 11.4 Å². The molecule has 0 N–H and O–H groups in total. The van der Waals surface area contributed by atoms with Crippen LogP contribution in [0, 0.1) is 6.92 Å². The Kier molecular flexibility index (Phi) is 2.52. The summed E-state index contributed by atoms with van der Waals surface area (Å²) in [5, 5.41) is 0.713. The van der Waals surface area contributed by atoms with E-state index in [0.29, 0.717) is 5.39 Å². The Bertz CT molecular complexity index is 924. The van der Waals surface area contributed by atoms with Crippen LogP contribution >= 0.6 is 0 Å². The summed E-state index contributed by atoms with van der Waals surface area (Å²) in [6, 6.07) is 14.2. The second-order valence-corrected chi connectivity index (χ2v) is 5.84. The lowest BCUT2D eigenvalue weighted by atomic mass is 9.95. The van der Waals surface area contributed by atoms with Crippen molar-refractivity contribution in [3.63, 3.8) is 0 Å². The zero-order valence-electron chi connectivity index (χ0n) is 12.1. The number of hydrogen-bond acceptors (Lipinski definition) is 2. The number of rotatable bonds is 0. The van der Waals surface area contributed by atoms with Crippen LogP contribution in [-0.2, 0) is 6.42 Å². The number of hydrogen-bond donors (Lipinski definition) is 0. The van der Waals surface area contributed by atoms with Crippen LogP contribution in [0.1, 0.15) is 24.1 Å². The summed E-state index contributed by atoms with van der Waals surface area (Å²) in [6.07, 6.45) is 0.877. The van der Waals surface area contributed by atoms with Gasteiger partial charge in [-0.15, -0.1) is 0 Å². The molecule has 0 bridgehead atoms. The van der Waals surface area contributed by atoms with E-state index in [2.05, 4.69) is 19.1 Å². The summed E-state index contributed by atoms with van der Waals surface area (Å²) in [4.78, 5) is 17.6. The molecule has 104 valence electrons. The minimum atomic E-state index is 0.0701. The van der Waals surface area contributed by atoms with E-state index >= 15 is 0 Å². The van der Waals surface area contributed by atoms with Gasteiger partial charge < -0.3 is 0 Å². The monoisotopic (exact) mass is 276 g/mol. The molecule has 1 aliphatic heterocycles. The predicted molar refractivity (Wildman–Crippen MR) is 84.6 cm³/mol. The molecule has 3 heteroatoms. The zero-order valence-corrected chi connectivity index (χ0v) is 12.1. The number of nitrogens with zero attached hydrogens (tertiary/aromatic N) is 2. The van der Waals surface area contributed by atoms with Crippen LogP contribution in [0.25, 0.3) is 22.3 Å². The van der Waals surface area contributed by atoms with Gasteiger partial charge in [0.25, 0.3) is 5.56 Å². The quantitative estimate of drug-likeness (QED) is 0.630. The van der Waals surface area contributed by atoms with Gasteiger partial charge in [0.15, 0.2) is 0 Å². The van der Waals surface area contributed by atoms with Crippen LogP contribution in [0.5, 0.6) is 0 Å². The van der Waals surface area contributed by atoms with Crippen LogP contribution in [0.2, 0.25) is 0 Å². The van der Waals surface area contributed by atoms with Gasteiger partial charge in [0, 0.05) is 11.6 Å². The fourth-order valence-electron chi connectivity index (χ4n) is 3.24. The van der Waals surface area contributed by atoms with E-state index in [4.69, 9.17) is 4.98 Å². The molecule has 0 fully saturated rings. The third-order valence-corrected chi connectivity index (χ3v) is 4.27. The molecule has 2 aromatic carbocycles. The summed E-state index contributed by atoms with van der Waals surface area (Å²) in [5.41, 5.74) is 4.28. The molecule has 3 aromatic rings. The van der Waals surface area contributed by atoms with Crippen LogP contribution in [0.3, 0.4) is 0 Å². The highest BCUT2D eigenvalue weighted by Gasteiger charge is 2.24. The van der Waals surface area contributed by atoms with Crippen molar-refractivity contribution < 1.29 is 0 Å². The van der Waals surface area contributed by atoms with Gasteiger partial charge in [-0.25, -0.2) is 4.98 Å². The first-order valence-corrected chi connectivity index (χ1v) is 7.26. The highest BCUT2D eigenvalue weighted by atomic mass is 16.1. The third kappa shape index (κ3) is 1.74. The van der Waals surface area contributed by atoms with E-state index in [9.17, 15) is 4.79 Å². The Morgan fingerprint density at radius 3 is 2.86 bits per heavy atom. The summed E-state index contributed by atoms with van der Waals surface area (Å²) < 4.78 is 1.85. The van der Waals surface area contributed by atoms with Gasteiger partial charge >= 0.3 is 0 Å². The lowest BCUT2D eigenvalue weighted by molar-refractivity contribution is 0.516. The molecule has 0 saturated carbocycles. The maximum Gasteiger partial charge on any atom is 0.261 e. The van der Waals surface area contributed by atoms with Crippen LogP contribution in [0.4, 0.5) is 0 Å². The SMILES string of the molecule is Cc1ccc2nc3n(c(=O)c2c1)C(C)Cc1ccccc1-3. The van der Waals surface area contributed by atoms with E-state index in [1.807, 2.05) is 41.8 Å². The molecular formula is C18H16N2O. The minimum absolute atomic E-state index is 0.0701. The molecule has 0 amide bonds. The van der Waals surface area contributed by atoms with Crippen molar-refractivity contribution in [1.29, 1.82) is 0 Å². The molecule has 4 rings (SSSR count). The van der Waals surface area contributed by atoms with E-state index in [0.717, 1.165) is 28.9 Å². The molecule has 2 heterocycles. The number of fused-ring (bicyclic) bond motifs is 4. The fraction of sp³-hybridized carbons (Fsp3) is 0.222. The van der Waals surface area contributed by atoms with Gasteiger partial charge in [-0.2, -0.15) is 0 Å². The average molecular weight is 276 g/mol. The summed E-state index contributed by atoms with van der Waals surface area (Å²) >= 11 is 0. The standard InChI is InChI=1S/C18H16N2O/c1-11-7-8-16-15(9-11)18(21)20-12(2)10-13-5-3-4-6-14(13)17(20)19-16/h3-9,12H,10H2,1-2H3. The Morgan fingerprint density at radius 1 is 1.19 bits per heavy atom. The second kappa shape index (κ2) is 4.29. The van der Waals surface area contributed by atoms with Crippen molar-refractivity contribution in [2.75, 3.05) is 0 Å². The van der Waals surface area contributed by atoms with Gasteiger partial charge in [-0.3, -0.25) is 9.36 Å². The van der Waals surface area contributed by atoms with E-state index in [1.54, 1.807) is 0 Å². The van der Waals surface area contributed by atoms with E-state index in [-0.39, 0.29) is 11.6 Å². The summed E-state index contributed by atoms with van der Waals surface area (Å²) in [6.45, 7) is 4.09. The first kappa shape index (κ1) is 12.3. The molecule has 1 aromatic heterocycles. The molecule has 0 radical (unpaired) electrons. The Labute approximate surface area is 122 Å². The lowest BCUT2D eigenvalue weighted by Gasteiger charge is -2.26. The van der Waals surface area contributed by atoms with Gasteiger partial charge in [-0.05, 0) is 38.0 Å². The topological polar surface area (TPSA) is 34.9 Å². The highest BCUT2D eigenvalue weighted by Crippen LogP contribution is 2.32. The maximum atomic E-state index is 12.9. The van der Waals surface area contributed by atoms with Gasteiger partial charge in [0.2, 0.25) is 0 Å². The van der Waals surface area contributed by atoms with Crippen molar-refractivity contribution in [2.45, 2.75) is 26.3 Å². The van der Waals surface area contributed by atoms with E-state index < -0.39 is 0 Å². The molecular weight excluding hydrogens is 260 g/mol. The predicted octanol–water partition coefficient (Wildman–Crippen LogP) is 3.49. The van der Waals surface area contributed by atoms with Crippen molar-refractivity contribution in [3.05, 3.63) is 63.9 Å². The van der Waals surface area contributed by atoms with Gasteiger partial charge in [0.05, 0.1) is 10.9 Å². The highest BCUT2D eigenvalue weighted by molar-refractivity contribution is 5.81. The number of aromatic nitrogens is 2. The molecule has 3 nitrogen and oxygen atoms in total. The molecule has 0 aliphatic carbocycles. The Balaban J connectivity index is 2.15. The molecule has 1 unspecified atom stereocenters. The first-order chi connectivity index (χ1) is 10.1. The van der Waals surface area contributed by atoms with Crippen molar-refractivity contribution in [2.24, 2.45) is 0 Å². The summed E-state index contributed by atoms with van der Waals surface area (Å²) in [7, 11) is 0. The summed E-state index contributed by atoms with van der Waals surface area (Å²) in [5.74, 6) is 0.797. The van der Waals surface area contributed by atoms with Crippen LogP contribution in [0.15, 0.2) is 47.3 Å². The third-order valence-electron chi connectivity index (χ3n) is 4.27. The molecule has 0 spiro atoms. The Hall–Kier alpha value is -2.42. The van der Waals surface area contributed by atoms with Crippen molar-refractivity contribution >= 4 is 10.9 Å². The van der Waals surface area contributed by atoms with E-state index in [1.165, 1.54) is 5.56 Å². The maximum absolute atomic E-state index is 12.9. The molecule has 1 aliphatic rings. The molecule has 0 saturated heterocycles. The molecule has 21 heavy (non-hydrogen) atoms. The normalized spacial score (nSPS) is 16.6. The number of aryl methyl sites for hydroxylation is 1. The van der Waals surface area contributed by atoms with Crippen LogP contribution < -0.4 is 5.56 Å². The fourth-order valence-corrected chi connectivity index (χ4v) is 3.24. The molecule has 1 atom stereocenters. The lowest BCUT2D eigenvalue weighted by Crippen LogP contribution is -2.30. The zero-order chi connectivity index (χ0) is 14.6. The smallest absolute Gasteiger partial charge is 0.261 e. The van der Waals surface area contributed by atoms with Crippen molar-refractivity contribution in [1.82, 2.24) is 9.55 Å². The van der Waals surface area contributed by atoms with Gasteiger partial charge in [-0.1, -0.05) is 35.9 Å². The van der Waals surface area contributed by atoms with Gasteiger partial charge in [0.1, 0.15) is 5.82 Å². The largest absolute Gasteiger partial charge is 0.289 e. The van der Waals surface area contributed by atoms with Crippen LogP contribution in [-0.4, -0.2) is 9.55 Å². The average Bonchev–Trinajstić information content (AvgIpc) is 2.48. The number of benzene rings is 2. The minimum Gasteiger partial charge on any atom is -0.289 e. The first-order valence-electron chi connectivity index (χ1n) is 7.26. The Morgan fingerprint density at radius 2 is 2.00 bits per heavy atom.